The van der Waals surface area contributed by atoms with Crippen LogP contribution in [-0.4, -0.2) is 34.7 Å². The normalized spacial score (nSPS) is 12.9. The Morgan fingerprint density at radius 3 is 2.05 bits per heavy atom. The molecule has 1 rings (SSSR count). The minimum Gasteiger partial charge on any atom is -0.368 e. The summed E-state index contributed by atoms with van der Waals surface area (Å²) in [7, 11) is -10.7. The number of hydrogen-bond donors (Lipinski definition) is 5. The van der Waals surface area contributed by atoms with E-state index in [1.807, 2.05) is 0 Å². The molecular weight excluding hydrogens is 307 g/mol. The summed E-state index contributed by atoms with van der Waals surface area (Å²) in [5.74, 6) is 0. The van der Waals surface area contributed by atoms with Crippen molar-refractivity contribution in [2.45, 2.75) is 17.9 Å². The molecule has 0 aliphatic rings. The van der Waals surface area contributed by atoms with Gasteiger partial charge in [0.1, 0.15) is 0 Å². The van der Waals surface area contributed by atoms with Crippen molar-refractivity contribution in [3.8, 4) is 0 Å². The molecule has 102 valence electrons. The summed E-state index contributed by atoms with van der Waals surface area (Å²) in [6.45, 7) is 0. The molecule has 8 nitrogen and oxygen atoms in total. The van der Waals surface area contributed by atoms with E-state index in [0.29, 0.717) is 5.56 Å². The number of aromatic nitrogens is 1. The predicted molar refractivity (Wildman–Crippen MR) is 61.6 cm³/mol. The molecule has 1 aromatic rings. The second-order valence-corrected chi connectivity index (χ2v) is 7.73. The maximum Gasteiger partial charge on any atom is 1.00 e. The van der Waals surface area contributed by atoms with Gasteiger partial charge in [-0.3, -0.25) is 14.1 Å². The van der Waals surface area contributed by atoms with Crippen molar-refractivity contribution in [1.82, 2.24) is 4.98 Å². The Bertz CT molecular complexity index is 477. The van der Waals surface area contributed by atoms with Gasteiger partial charge in [-0.05, 0) is 18.1 Å². The molecule has 19 heavy (non-hydrogen) atoms. The monoisotopic (exact) mass is 320 g/mol. The zero-order valence-corrected chi connectivity index (χ0v) is 13.9. The average molecular weight is 320 g/mol. The predicted octanol–water partition coefficient (Wildman–Crippen LogP) is -2.98. The van der Waals surface area contributed by atoms with Gasteiger partial charge in [0.25, 0.3) is 5.08 Å². The van der Waals surface area contributed by atoms with Crippen LogP contribution in [0.1, 0.15) is 12.0 Å². The first-order valence-electron chi connectivity index (χ1n) is 4.80. The molecule has 0 unspecified atom stereocenters. The van der Waals surface area contributed by atoms with Gasteiger partial charge < -0.3 is 24.7 Å². The third-order valence-corrected chi connectivity index (χ3v) is 6.28. The van der Waals surface area contributed by atoms with Crippen LogP contribution in [0.2, 0.25) is 0 Å². The quantitative estimate of drug-likeness (QED) is 0.285. The van der Waals surface area contributed by atoms with E-state index in [1.165, 1.54) is 12.4 Å². The van der Waals surface area contributed by atoms with Crippen LogP contribution in [0.25, 0.3) is 0 Å². The van der Waals surface area contributed by atoms with Gasteiger partial charge in [-0.15, -0.1) is 0 Å². The summed E-state index contributed by atoms with van der Waals surface area (Å²) >= 11 is 0. The molecule has 5 N–H and O–H groups in total. The summed E-state index contributed by atoms with van der Waals surface area (Å²) in [6.07, 6.45) is 1.95. The molecule has 0 aliphatic carbocycles. The van der Waals surface area contributed by atoms with E-state index in [0.717, 1.165) is 0 Å². The van der Waals surface area contributed by atoms with Crippen molar-refractivity contribution in [2.24, 2.45) is 0 Å². The number of hydrogen-bond acceptors (Lipinski definition) is 4. The van der Waals surface area contributed by atoms with Crippen LogP contribution in [0.4, 0.5) is 0 Å². The van der Waals surface area contributed by atoms with Gasteiger partial charge in [-0.1, -0.05) is 6.07 Å². The molecule has 0 spiro atoms. The van der Waals surface area contributed by atoms with Crippen molar-refractivity contribution in [1.29, 1.82) is 0 Å². The molecule has 0 saturated carbocycles. The molecule has 0 bridgehead atoms. The van der Waals surface area contributed by atoms with E-state index in [9.17, 15) is 14.2 Å². The van der Waals surface area contributed by atoms with E-state index in [4.69, 9.17) is 19.6 Å². The number of pyridine rings is 1. The van der Waals surface area contributed by atoms with Crippen molar-refractivity contribution in [3.63, 3.8) is 0 Å². The zero-order valence-electron chi connectivity index (χ0n) is 10.1. The summed E-state index contributed by atoms with van der Waals surface area (Å²) < 4.78 is 22.1. The Morgan fingerprint density at radius 2 is 1.68 bits per heavy atom. The van der Waals surface area contributed by atoms with Crippen LogP contribution in [0.5, 0.6) is 0 Å². The number of aryl methyl sites for hydroxylation is 1. The van der Waals surface area contributed by atoms with Crippen LogP contribution in [-0.2, 0) is 15.6 Å². The van der Waals surface area contributed by atoms with E-state index in [-0.39, 0.29) is 36.0 Å². The summed E-state index contributed by atoms with van der Waals surface area (Å²) in [5.41, 5.74) is 0.498. The van der Waals surface area contributed by atoms with Crippen LogP contribution in [0, 0.1) is 0 Å². The first-order valence-corrected chi connectivity index (χ1v) is 8.03. The van der Waals surface area contributed by atoms with Gasteiger partial charge in [-0.2, -0.15) is 0 Å². The van der Waals surface area contributed by atoms with Crippen molar-refractivity contribution >= 4 is 15.2 Å². The number of rotatable bonds is 5. The summed E-state index contributed by atoms with van der Waals surface area (Å²) in [6, 6.07) is 3.12. The molecule has 0 aliphatic heterocycles. The van der Waals surface area contributed by atoms with Gasteiger partial charge >= 0.3 is 44.7 Å². The van der Waals surface area contributed by atoms with E-state index in [2.05, 4.69) is 4.98 Å². The molecule has 0 saturated heterocycles. The fourth-order valence-corrected chi connectivity index (χ4v) is 3.48. The van der Waals surface area contributed by atoms with Gasteiger partial charge in [0.15, 0.2) is 0 Å². The molecule has 1 aromatic heterocycles. The summed E-state index contributed by atoms with van der Waals surface area (Å²) in [5, 5.41) is 6.23. The molecular formula is C8H13NNaO7P2+. The molecule has 0 atom stereocenters. The first kappa shape index (κ1) is 19.4. The molecule has 1 heterocycles. The van der Waals surface area contributed by atoms with Crippen molar-refractivity contribution in [2.75, 3.05) is 0 Å². The third-order valence-electron chi connectivity index (χ3n) is 2.40. The first-order chi connectivity index (χ1) is 8.08. The van der Waals surface area contributed by atoms with Crippen LogP contribution in [0.3, 0.4) is 0 Å². The fraction of sp³-hybridized carbons (Fsp3) is 0.375. The Morgan fingerprint density at radius 1 is 1.16 bits per heavy atom. The van der Waals surface area contributed by atoms with Gasteiger partial charge in [-0.25, -0.2) is 0 Å². The summed E-state index contributed by atoms with van der Waals surface area (Å²) in [4.78, 5) is 39.4. The van der Waals surface area contributed by atoms with Crippen LogP contribution < -0.4 is 29.6 Å². The maximum atomic E-state index is 11.1. The average Bonchev–Trinajstić information content (AvgIpc) is 2.24. The van der Waals surface area contributed by atoms with E-state index in [1.54, 1.807) is 12.1 Å². The van der Waals surface area contributed by atoms with E-state index >= 15 is 0 Å². The van der Waals surface area contributed by atoms with Crippen LogP contribution >= 0.6 is 15.2 Å². The Hall–Kier alpha value is 0.410. The molecule has 0 radical (unpaired) electrons. The smallest absolute Gasteiger partial charge is 0.368 e. The fourth-order valence-electron chi connectivity index (χ4n) is 1.32. The molecule has 0 aromatic carbocycles. The van der Waals surface area contributed by atoms with Crippen molar-refractivity contribution < 1.29 is 63.4 Å². The third kappa shape index (κ3) is 4.72. The van der Waals surface area contributed by atoms with Gasteiger partial charge in [0, 0.05) is 18.8 Å². The van der Waals surface area contributed by atoms with Gasteiger partial charge in [0.2, 0.25) is 0 Å². The SMILES string of the molecule is O=P(O)(O)C(O)(CCc1cccnc1)P(=O)(O)O.[Na+]. The molecule has 0 fully saturated rings. The largest absolute Gasteiger partial charge is 1.00 e. The standard InChI is InChI=1S/C8H13NO7P2.Na/c10-8(17(11,12)13,18(14,15)16)4-3-7-2-1-5-9-6-7;/h1-2,5-6,10H,3-4H2,(H2,11,12,13)(H2,14,15,16);/q;+1. The molecule has 0 amide bonds. The van der Waals surface area contributed by atoms with Gasteiger partial charge in [0.05, 0.1) is 0 Å². The second-order valence-electron chi connectivity index (χ2n) is 3.72. The minimum atomic E-state index is -5.37. The number of nitrogens with zero attached hydrogens (tertiary/aromatic N) is 1. The van der Waals surface area contributed by atoms with Crippen LogP contribution in [0.15, 0.2) is 24.5 Å². The Balaban J connectivity index is 0.00000324. The maximum absolute atomic E-state index is 11.1. The second kappa shape index (κ2) is 6.91. The minimum absolute atomic E-state index is 0. The number of aliphatic hydroxyl groups is 1. The van der Waals surface area contributed by atoms with Crippen molar-refractivity contribution in [3.05, 3.63) is 30.1 Å². The topological polar surface area (TPSA) is 148 Å². The van der Waals surface area contributed by atoms with E-state index < -0.39 is 26.7 Å². The molecule has 11 heteroatoms. The Kier molecular flexibility index (Phi) is 7.06. The Labute approximate surface area is 131 Å². The zero-order chi connectivity index (χ0) is 14.0.